The molecule has 0 spiro atoms. The van der Waals surface area contributed by atoms with E-state index in [2.05, 4.69) is 60.7 Å². The Morgan fingerprint density at radius 1 is 1.46 bits per heavy atom. The molecule has 0 amide bonds. The minimum atomic E-state index is 0. The topological polar surface area (TPSA) is 40.1 Å². The van der Waals surface area contributed by atoms with Crippen LogP contribution in [0.15, 0.2) is 22.5 Å². The van der Waals surface area contributed by atoms with E-state index in [9.17, 15) is 0 Å². The summed E-state index contributed by atoms with van der Waals surface area (Å²) in [7, 11) is 6.36. The molecule has 1 fully saturated rings. The van der Waals surface area contributed by atoms with Crippen molar-refractivity contribution in [1.82, 2.24) is 15.1 Å². The van der Waals surface area contributed by atoms with Gasteiger partial charge >= 0.3 is 0 Å². The molecule has 5 nitrogen and oxygen atoms in total. The number of hydrogen-bond donors (Lipinski definition) is 1. The van der Waals surface area contributed by atoms with E-state index in [-0.39, 0.29) is 24.0 Å². The molecule has 1 aromatic rings. The Balaban J connectivity index is 0.00000288. The zero-order chi connectivity index (χ0) is 16.7. The van der Waals surface area contributed by atoms with Crippen molar-refractivity contribution in [3.63, 3.8) is 0 Å². The molecule has 0 aliphatic carbocycles. The molecule has 1 N–H and O–H groups in total. The van der Waals surface area contributed by atoms with Crippen LogP contribution >= 0.6 is 35.3 Å². The third-order valence-corrected chi connectivity index (χ3v) is 5.14. The van der Waals surface area contributed by atoms with Crippen LogP contribution in [0.4, 0.5) is 0 Å². The highest BCUT2D eigenvalue weighted by Gasteiger charge is 2.20. The van der Waals surface area contributed by atoms with Crippen molar-refractivity contribution in [2.45, 2.75) is 19.4 Å². The quantitative estimate of drug-likeness (QED) is 0.381. The van der Waals surface area contributed by atoms with Crippen LogP contribution in [-0.2, 0) is 4.74 Å². The first-order valence-corrected chi connectivity index (χ1v) is 9.26. The average molecular weight is 466 g/mol. The molecule has 0 saturated carbocycles. The van der Waals surface area contributed by atoms with Crippen molar-refractivity contribution in [1.29, 1.82) is 0 Å². The molecule has 7 heteroatoms. The van der Waals surface area contributed by atoms with Crippen molar-refractivity contribution < 1.29 is 4.74 Å². The van der Waals surface area contributed by atoms with Crippen molar-refractivity contribution in [3.05, 3.63) is 22.4 Å². The van der Waals surface area contributed by atoms with E-state index in [1.807, 2.05) is 0 Å². The SMILES string of the molecule is CCNC(=NCC(c1cccs1)N(C)C)N(C)CC1CCOC1.I. The summed E-state index contributed by atoms with van der Waals surface area (Å²) in [6.07, 6.45) is 1.15. The fourth-order valence-corrected chi connectivity index (χ4v) is 3.75. The molecule has 1 aliphatic rings. The zero-order valence-electron chi connectivity index (χ0n) is 15.2. The minimum Gasteiger partial charge on any atom is -0.381 e. The number of halogens is 1. The van der Waals surface area contributed by atoms with Gasteiger partial charge in [0.25, 0.3) is 0 Å². The Labute approximate surface area is 167 Å². The van der Waals surface area contributed by atoms with Crippen molar-refractivity contribution in [2.75, 3.05) is 54.0 Å². The molecule has 2 unspecified atom stereocenters. The minimum absolute atomic E-state index is 0. The highest BCUT2D eigenvalue weighted by molar-refractivity contribution is 14.0. The lowest BCUT2D eigenvalue weighted by Gasteiger charge is -2.26. The second-order valence-electron chi connectivity index (χ2n) is 6.30. The summed E-state index contributed by atoms with van der Waals surface area (Å²) in [6.45, 7) is 6.53. The molecular weight excluding hydrogens is 435 g/mol. The zero-order valence-corrected chi connectivity index (χ0v) is 18.3. The largest absolute Gasteiger partial charge is 0.381 e. The Bertz CT molecular complexity index is 475. The predicted octanol–water partition coefficient (Wildman–Crippen LogP) is 2.90. The second-order valence-corrected chi connectivity index (χ2v) is 7.28. The summed E-state index contributed by atoms with van der Waals surface area (Å²) in [5.41, 5.74) is 0. The van der Waals surface area contributed by atoms with Crippen LogP contribution in [0.3, 0.4) is 0 Å². The van der Waals surface area contributed by atoms with Crippen molar-refractivity contribution in [2.24, 2.45) is 10.9 Å². The number of nitrogens with zero attached hydrogens (tertiary/aromatic N) is 3. The highest BCUT2D eigenvalue weighted by atomic mass is 127. The molecule has 2 rings (SSSR count). The molecule has 1 saturated heterocycles. The number of thiophene rings is 1. The third-order valence-electron chi connectivity index (χ3n) is 4.16. The van der Waals surface area contributed by atoms with E-state index in [4.69, 9.17) is 9.73 Å². The van der Waals surface area contributed by atoms with Gasteiger partial charge in [-0.1, -0.05) is 6.07 Å². The molecule has 0 bridgehead atoms. The molecule has 2 heterocycles. The van der Waals surface area contributed by atoms with Crippen LogP contribution in [0.5, 0.6) is 0 Å². The van der Waals surface area contributed by atoms with E-state index in [1.54, 1.807) is 11.3 Å². The summed E-state index contributed by atoms with van der Waals surface area (Å²) in [5, 5.41) is 5.55. The van der Waals surface area contributed by atoms with Crippen LogP contribution in [-0.4, -0.2) is 69.8 Å². The normalized spacial score (nSPS) is 19.2. The molecule has 0 aromatic carbocycles. The van der Waals surface area contributed by atoms with Gasteiger partial charge in [-0.05, 0) is 38.9 Å². The maximum absolute atomic E-state index is 5.48. The van der Waals surface area contributed by atoms with Gasteiger partial charge in [0.15, 0.2) is 5.96 Å². The Morgan fingerprint density at radius 2 is 2.25 bits per heavy atom. The van der Waals surface area contributed by atoms with Gasteiger partial charge in [-0.15, -0.1) is 35.3 Å². The third kappa shape index (κ3) is 6.50. The number of likely N-dealkylation sites (N-methyl/N-ethyl adjacent to an activating group) is 1. The number of hydrogen-bond acceptors (Lipinski definition) is 4. The second kappa shape index (κ2) is 11.3. The van der Waals surface area contributed by atoms with Crippen LogP contribution in [0.2, 0.25) is 0 Å². The van der Waals surface area contributed by atoms with Crippen LogP contribution in [0.25, 0.3) is 0 Å². The smallest absolute Gasteiger partial charge is 0.193 e. The van der Waals surface area contributed by atoms with E-state index < -0.39 is 0 Å². The summed E-state index contributed by atoms with van der Waals surface area (Å²) in [6, 6.07) is 4.63. The van der Waals surface area contributed by atoms with Gasteiger partial charge in [0.05, 0.1) is 19.2 Å². The van der Waals surface area contributed by atoms with Gasteiger partial charge in [0.2, 0.25) is 0 Å². The van der Waals surface area contributed by atoms with Gasteiger partial charge in [0, 0.05) is 37.5 Å². The lowest BCUT2D eigenvalue weighted by atomic mass is 10.1. The van der Waals surface area contributed by atoms with Crippen LogP contribution in [0.1, 0.15) is 24.3 Å². The number of rotatable bonds is 7. The van der Waals surface area contributed by atoms with Gasteiger partial charge in [-0.2, -0.15) is 0 Å². The number of nitrogens with one attached hydrogen (secondary N) is 1. The lowest BCUT2D eigenvalue weighted by molar-refractivity contribution is 0.181. The van der Waals surface area contributed by atoms with Crippen molar-refractivity contribution in [3.8, 4) is 0 Å². The fraction of sp³-hybridized carbons (Fsp3) is 0.706. The van der Waals surface area contributed by atoms with Gasteiger partial charge in [-0.25, -0.2) is 0 Å². The first kappa shape index (κ1) is 21.7. The monoisotopic (exact) mass is 466 g/mol. The maximum Gasteiger partial charge on any atom is 0.193 e. The molecule has 138 valence electrons. The van der Waals surface area contributed by atoms with Crippen LogP contribution < -0.4 is 5.32 Å². The average Bonchev–Trinajstić information content (AvgIpc) is 3.19. The first-order chi connectivity index (χ1) is 11.1. The lowest BCUT2D eigenvalue weighted by Crippen LogP contribution is -2.42. The van der Waals surface area contributed by atoms with Crippen molar-refractivity contribution >= 4 is 41.3 Å². The van der Waals surface area contributed by atoms with E-state index in [1.165, 1.54) is 4.88 Å². The highest BCUT2D eigenvalue weighted by Crippen LogP contribution is 2.23. The Hall–Kier alpha value is -0.380. The molecule has 1 aliphatic heterocycles. The number of guanidine groups is 1. The number of aliphatic imine (C=N–C) groups is 1. The van der Waals surface area contributed by atoms with Crippen LogP contribution in [0, 0.1) is 5.92 Å². The maximum atomic E-state index is 5.48. The van der Waals surface area contributed by atoms with Gasteiger partial charge < -0.3 is 19.9 Å². The molecule has 0 radical (unpaired) electrons. The fourth-order valence-electron chi connectivity index (χ4n) is 2.83. The van der Waals surface area contributed by atoms with E-state index in [0.29, 0.717) is 12.0 Å². The Morgan fingerprint density at radius 3 is 2.79 bits per heavy atom. The first-order valence-electron chi connectivity index (χ1n) is 8.38. The van der Waals surface area contributed by atoms with E-state index >= 15 is 0 Å². The van der Waals surface area contributed by atoms with Gasteiger partial charge in [0.1, 0.15) is 0 Å². The molecule has 24 heavy (non-hydrogen) atoms. The predicted molar refractivity (Wildman–Crippen MR) is 114 cm³/mol. The summed E-state index contributed by atoms with van der Waals surface area (Å²) < 4.78 is 5.48. The number of ether oxygens (including phenoxy) is 1. The Kier molecular flexibility index (Phi) is 10.2. The molecule has 1 aromatic heterocycles. The summed E-state index contributed by atoms with van der Waals surface area (Å²) in [4.78, 5) is 10.7. The standard InChI is InChI=1S/C17H30N4OS.HI/c1-5-18-17(21(4)12-14-8-9-22-13-14)19-11-15(20(2)3)16-7-6-10-23-16;/h6-7,10,14-15H,5,8-9,11-13H2,1-4H3,(H,18,19);1H. The van der Waals surface area contributed by atoms with E-state index in [0.717, 1.165) is 45.2 Å². The van der Waals surface area contributed by atoms with Gasteiger partial charge in [-0.3, -0.25) is 4.99 Å². The summed E-state index contributed by atoms with van der Waals surface area (Å²) >= 11 is 1.80. The summed E-state index contributed by atoms with van der Waals surface area (Å²) in [5.74, 6) is 1.61. The molecule has 2 atom stereocenters. The molecular formula is C17H31IN4OS.